The Kier molecular flexibility index (Phi) is 4.91. The average Bonchev–Trinajstić information content (AvgIpc) is 3.34. The number of pyridine rings is 1. The molecule has 1 aromatic carbocycles. The second-order valence-corrected chi connectivity index (χ2v) is 8.84. The molecular formula is C22H22Cl2N6. The van der Waals surface area contributed by atoms with Crippen molar-refractivity contribution >= 4 is 56.8 Å². The van der Waals surface area contributed by atoms with Gasteiger partial charge < -0.3 is 16.0 Å². The zero-order chi connectivity index (χ0) is 20.8. The molecule has 0 amide bonds. The minimum Gasteiger partial charge on any atom is -0.383 e. The van der Waals surface area contributed by atoms with E-state index in [-0.39, 0.29) is 5.28 Å². The Bertz CT molecular complexity index is 1250. The number of anilines is 2. The van der Waals surface area contributed by atoms with Crippen LogP contribution in [0.1, 0.15) is 37.3 Å². The number of aromatic nitrogens is 4. The summed E-state index contributed by atoms with van der Waals surface area (Å²) >= 11 is 12.1. The van der Waals surface area contributed by atoms with Crippen LogP contribution in [0.15, 0.2) is 36.5 Å². The van der Waals surface area contributed by atoms with Crippen molar-refractivity contribution in [3.63, 3.8) is 0 Å². The molecule has 2 atom stereocenters. The van der Waals surface area contributed by atoms with Crippen molar-refractivity contribution in [3.8, 4) is 0 Å². The van der Waals surface area contributed by atoms with Gasteiger partial charge in [-0.25, -0.2) is 9.97 Å². The highest BCUT2D eigenvalue weighted by Crippen LogP contribution is 2.39. The van der Waals surface area contributed by atoms with E-state index in [4.69, 9.17) is 34.7 Å². The third-order valence-corrected chi connectivity index (χ3v) is 6.66. The molecule has 0 spiro atoms. The Morgan fingerprint density at radius 1 is 1.00 bits per heavy atom. The first-order valence-corrected chi connectivity index (χ1v) is 10.9. The molecule has 30 heavy (non-hydrogen) atoms. The van der Waals surface area contributed by atoms with Crippen molar-refractivity contribution in [3.05, 3.63) is 52.4 Å². The van der Waals surface area contributed by atoms with Crippen molar-refractivity contribution < 1.29 is 0 Å². The SMILES string of the molecule is Nc1nc2cc(CCC3CCC(n4ccc5c(N)nc(Cl)nc54)C3)ccc2cc1Cl. The van der Waals surface area contributed by atoms with Gasteiger partial charge in [-0.3, -0.25) is 0 Å². The zero-order valence-electron chi connectivity index (χ0n) is 16.4. The lowest BCUT2D eigenvalue weighted by Crippen LogP contribution is -2.06. The van der Waals surface area contributed by atoms with Crippen LogP contribution in [0.5, 0.6) is 0 Å². The number of halogens is 2. The van der Waals surface area contributed by atoms with Gasteiger partial charge in [0, 0.05) is 17.6 Å². The monoisotopic (exact) mass is 440 g/mol. The lowest BCUT2D eigenvalue weighted by molar-refractivity contribution is 0.461. The largest absolute Gasteiger partial charge is 0.383 e. The number of benzene rings is 1. The highest BCUT2D eigenvalue weighted by Gasteiger charge is 2.27. The number of nitrogens with zero attached hydrogens (tertiary/aromatic N) is 4. The first kappa shape index (κ1) is 19.4. The third-order valence-electron chi connectivity index (χ3n) is 6.18. The molecule has 0 bridgehead atoms. The molecule has 5 rings (SSSR count). The maximum atomic E-state index is 6.07. The van der Waals surface area contributed by atoms with Crippen molar-refractivity contribution in [2.24, 2.45) is 5.92 Å². The van der Waals surface area contributed by atoms with Gasteiger partial charge in [0.2, 0.25) is 5.28 Å². The number of fused-ring (bicyclic) bond motifs is 2. The molecule has 6 nitrogen and oxygen atoms in total. The summed E-state index contributed by atoms with van der Waals surface area (Å²) in [5, 5.41) is 2.57. The van der Waals surface area contributed by atoms with E-state index in [1.165, 1.54) is 12.0 Å². The summed E-state index contributed by atoms with van der Waals surface area (Å²) in [6.07, 6.45) is 7.67. The van der Waals surface area contributed by atoms with E-state index in [2.05, 4.69) is 43.9 Å². The Morgan fingerprint density at radius 3 is 2.73 bits per heavy atom. The number of rotatable bonds is 4. The third kappa shape index (κ3) is 3.55. The van der Waals surface area contributed by atoms with Gasteiger partial charge in [0.05, 0.1) is 15.9 Å². The van der Waals surface area contributed by atoms with E-state index in [1.807, 2.05) is 12.1 Å². The van der Waals surface area contributed by atoms with Gasteiger partial charge in [-0.2, -0.15) is 4.98 Å². The molecule has 2 unspecified atom stereocenters. The Hall–Kier alpha value is -2.57. The summed E-state index contributed by atoms with van der Waals surface area (Å²) in [4.78, 5) is 12.9. The van der Waals surface area contributed by atoms with Crippen LogP contribution >= 0.6 is 23.2 Å². The Balaban J connectivity index is 1.28. The molecule has 0 saturated heterocycles. The second kappa shape index (κ2) is 7.60. The van der Waals surface area contributed by atoms with Crippen LogP contribution in [-0.4, -0.2) is 19.5 Å². The van der Waals surface area contributed by atoms with Crippen LogP contribution in [0.25, 0.3) is 21.9 Å². The van der Waals surface area contributed by atoms with E-state index in [0.29, 0.717) is 28.6 Å². The van der Waals surface area contributed by atoms with Crippen molar-refractivity contribution in [1.82, 2.24) is 19.5 Å². The van der Waals surface area contributed by atoms with E-state index < -0.39 is 0 Å². The fourth-order valence-electron chi connectivity index (χ4n) is 4.62. The summed E-state index contributed by atoms with van der Waals surface area (Å²) in [6, 6.07) is 10.6. The van der Waals surface area contributed by atoms with Gasteiger partial charge in [-0.1, -0.05) is 23.7 Å². The molecule has 4 N–H and O–H groups in total. The molecule has 0 aliphatic heterocycles. The van der Waals surface area contributed by atoms with Crippen LogP contribution in [0.2, 0.25) is 10.3 Å². The number of hydrogen-bond acceptors (Lipinski definition) is 5. The highest BCUT2D eigenvalue weighted by molar-refractivity contribution is 6.33. The number of nitrogens with two attached hydrogens (primary N) is 2. The molecule has 4 aromatic rings. The van der Waals surface area contributed by atoms with E-state index >= 15 is 0 Å². The molecule has 1 saturated carbocycles. The van der Waals surface area contributed by atoms with E-state index in [1.54, 1.807) is 0 Å². The molecule has 1 fully saturated rings. The average molecular weight is 441 g/mol. The summed E-state index contributed by atoms with van der Waals surface area (Å²) in [6.45, 7) is 0. The minimum absolute atomic E-state index is 0.196. The van der Waals surface area contributed by atoms with Gasteiger partial charge in [0.15, 0.2) is 0 Å². The lowest BCUT2D eigenvalue weighted by Gasteiger charge is -2.15. The van der Waals surface area contributed by atoms with E-state index in [9.17, 15) is 0 Å². The van der Waals surface area contributed by atoms with E-state index in [0.717, 1.165) is 47.6 Å². The smallest absolute Gasteiger partial charge is 0.226 e. The minimum atomic E-state index is 0.196. The van der Waals surface area contributed by atoms with Gasteiger partial charge in [0.1, 0.15) is 17.3 Å². The molecule has 1 aliphatic rings. The predicted molar refractivity (Wildman–Crippen MR) is 123 cm³/mol. The summed E-state index contributed by atoms with van der Waals surface area (Å²) in [7, 11) is 0. The number of nitrogen functional groups attached to an aromatic ring is 2. The van der Waals surface area contributed by atoms with Gasteiger partial charge in [-0.15, -0.1) is 0 Å². The molecule has 0 radical (unpaired) electrons. The summed E-state index contributed by atoms with van der Waals surface area (Å²) in [5.41, 5.74) is 14.9. The van der Waals surface area contributed by atoms with Crippen LogP contribution < -0.4 is 11.5 Å². The van der Waals surface area contributed by atoms with Crippen LogP contribution in [0, 0.1) is 5.92 Å². The first-order valence-electron chi connectivity index (χ1n) is 10.1. The normalized spacial score (nSPS) is 19.1. The van der Waals surface area contributed by atoms with Gasteiger partial charge >= 0.3 is 0 Å². The van der Waals surface area contributed by atoms with Crippen LogP contribution in [0.4, 0.5) is 11.6 Å². The maximum absolute atomic E-state index is 6.07. The van der Waals surface area contributed by atoms with Gasteiger partial charge in [0.25, 0.3) is 0 Å². The molecule has 1 aliphatic carbocycles. The topological polar surface area (TPSA) is 95.6 Å². The van der Waals surface area contributed by atoms with Crippen LogP contribution in [-0.2, 0) is 6.42 Å². The van der Waals surface area contributed by atoms with Crippen molar-refractivity contribution in [2.45, 2.75) is 38.1 Å². The molecule has 8 heteroatoms. The quantitative estimate of drug-likeness (QED) is 0.412. The molecule has 3 heterocycles. The lowest BCUT2D eigenvalue weighted by atomic mass is 9.97. The van der Waals surface area contributed by atoms with Crippen molar-refractivity contribution in [2.75, 3.05) is 11.5 Å². The van der Waals surface area contributed by atoms with Crippen LogP contribution in [0.3, 0.4) is 0 Å². The first-order chi connectivity index (χ1) is 14.5. The molecule has 3 aromatic heterocycles. The summed E-state index contributed by atoms with van der Waals surface area (Å²) < 4.78 is 2.21. The number of aryl methyl sites for hydroxylation is 1. The highest BCUT2D eigenvalue weighted by atomic mass is 35.5. The summed E-state index contributed by atoms with van der Waals surface area (Å²) in [5.74, 6) is 1.48. The number of hydrogen-bond donors (Lipinski definition) is 2. The Labute approximate surface area is 184 Å². The standard InChI is InChI=1S/C22H22Cl2N6/c23-17-11-14-5-3-13(10-18(14)27-20(17)26)2-1-12-4-6-15(9-12)30-8-7-16-19(25)28-22(24)29-21(16)30/h3,5,7-8,10-12,15H,1-2,4,6,9H2,(H2,26,27)(H2,25,28,29). The molecular weight excluding hydrogens is 419 g/mol. The Morgan fingerprint density at radius 2 is 1.87 bits per heavy atom. The fraction of sp³-hybridized carbons (Fsp3) is 0.318. The zero-order valence-corrected chi connectivity index (χ0v) is 17.9. The second-order valence-electron chi connectivity index (χ2n) is 8.09. The van der Waals surface area contributed by atoms with Gasteiger partial charge in [-0.05, 0) is 73.4 Å². The predicted octanol–water partition coefficient (Wildman–Crippen LogP) is 5.42. The molecule has 154 valence electrons. The fourth-order valence-corrected chi connectivity index (χ4v) is 4.95. The maximum Gasteiger partial charge on any atom is 0.226 e. The van der Waals surface area contributed by atoms with Crippen molar-refractivity contribution in [1.29, 1.82) is 0 Å².